The first-order valence-corrected chi connectivity index (χ1v) is 6.82. The number of hydrogen-bond acceptors (Lipinski definition) is 3. The Bertz CT molecular complexity index is 288. The van der Waals surface area contributed by atoms with Crippen molar-refractivity contribution in [1.29, 1.82) is 0 Å². The first-order chi connectivity index (χ1) is 8.54. The molecule has 0 aromatic rings. The van der Waals surface area contributed by atoms with E-state index >= 15 is 0 Å². The van der Waals surface area contributed by atoms with Crippen molar-refractivity contribution >= 4 is 11.8 Å². The summed E-state index contributed by atoms with van der Waals surface area (Å²) in [5.41, 5.74) is 5.83. The van der Waals surface area contributed by atoms with Gasteiger partial charge >= 0.3 is 0 Å². The molecule has 1 unspecified atom stereocenters. The lowest BCUT2D eigenvalue weighted by molar-refractivity contribution is -0.139. The molecule has 0 aromatic carbocycles. The Morgan fingerprint density at radius 3 is 2.50 bits per heavy atom. The van der Waals surface area contributed by atoms with Crippen LogP contribution in [0.5, 0.6) is 0 Å². The first-order valence-electron chi connectivity index (χ1n) is 6.82. The summed E-state index contributed by atoms with van der Waals surface area (Å²) in [4.78, 5) is 27.1. The molecule has 1 aliphatic heterocycles. The predicted octanol–water partition coefficient (Wildman–Crippen LogP) is 0.585. The monoisotopic (exact) mass is 255 g/mol. The molecule has 1 atom stereocenters. The Labute approximate surface area is 109 Å². The number of nitrogens with two attached hydrogens (primary N) is 1. The lowest BCUT2D eigenvalue weighted by Crippen LogP contribution is -2.41. The van der Waals surface area contributed by atoms with E-state index in [0.29, 0.717) is 6.42 Å². The van der Waals surface area contributed by atoms with E-state index in [4.69, 9.17) is 5.73 Å². The van der Waals surface area contributed by atoms with Gasteiger partial charge < -0.3 is 15.5 Å². The molecule has 5 nitrogen and oxygen atoms in total. The second kappa shape index (κ2) is 7.36. The number of likely N-dealkylation sites (N-methyl/N-ethyl adjacent to an activating group) is 1. The molecule has 2 N–H and O–H groups in total. The van der Waals surface area contributed by atoms with E-state index in [-0.39, 0.29) is 24.4 Å². The molecular formula is C13H25N3O2. The maximum Gasteiger partial charge on any atom is 0.242 e. The molecule has 1 heterocycles. The second-order valence-corrected chi connectivity index (χ2v) is 5.09. The summed E-state index contributed by atoms with van der Waals surface area (Å²) in [6.45, 7) is 3.88. The number of amides is 2. The van der Waals surface area contributed by atoms with E-state index in [9.17, 15) is 9.59 Å². The molecule has 2 amide bonds. The Kier molecular flexibility index (Phi) is 6.12. The van der Waals surface area contributed by atoms with Crippen LogP contribution in [0.25, 0.3) is 0 Å². The smallest absolute Gasteiger partial charge is 0.242 e. The second-order valence-electron chi connectivity index (χ2n) is 5.09. The van der Waals surface area contributed by atoms with Crippen molar-refractivity contribution in [1.82, 2.24) is 9.80 Å². The largest absolute Gasteiger partial charge is 0.341 e. The van der Waals surface area contributed by atoms with Crippen LogP contribution in [0, 0.1) is 0 Å². The summed E-state index contributed by atoms with van der Waals surface area (Å²) in [5, 5.41) is 0. The number of carbonyl (C=O) groups is 2. The Morgan fingerprint density at radius 1 is 1.33 bits per heavy atom. The zero-order valence-electron chi connectivity index (χ0n) is 11.5. The average molecular weight is 255 g/mol. The van der Waals surface area contributed by atoms with Gasteiger partial charge in [0, 0.05) is 32.6 Å². The van der Waals surface area contributed by atoms with Crippen LogP contribution in [-0.2, 0) is 9.59 Å². The lowest BCUT2D eigenvalue weighted by atomic mass is 10.1. The van der Waals surface area contributed by atoms with E-state index in [1.807, 2.05) is 11.8 Å². The third kappa shape index (κ3) is 4.64. The molecule has 0 bridgehead atoms. The van der Waals surface area contributed by atoms with Gasteiger partial charge in [-0.25, -0.2) is 0 Å². The molecule has 0 radical (unpaired) electrons. The SMILES string of the molecule is CCCC(N)CC(=O)N(C)CC(=O)N1CCCC1. The first kappa shape index (κ1) is 15.0. The fourth-order valence-electron chi connectivity index (χ4n) is 2.21. The van der Waals surface area contributed by atoms with Gasteiger partial charge in [0.15, 0.2) is 0 Å². The van der Waals surface area contributed by atoms with Gasteiger partial charge in [-0.3, -0.25) is 9.59 Å². The van der Waals surface area contributed by atoms with Gasteiger partial charge in [0.1, 0.15) is 0 Å². The van der Waals surface area contributed by atoms with Crippen LogP contribution in [0.2, 0.25) is 0 Å². The van der Waals surface area contributed by atoms with Crippen LogP contribution >= 0.6 is 0 Å². The van der Waals surface area contributed by atoms with E-state index in [1.165, 1.54) is 4.90 Å². The Hall–Kier alpha value is -1.10. The summed E-state index contributed by atoms with van der Waals surface area (Å²) in [6, 6.07) is -0.0909. The van der Waals surface area contributed by atoms with Crippen LogP contribution in [0.3, 0.4) is 0 Å². The summed E-state index contributed by atoms with van der Waals surface area (Å²) >= 11 is 0. The lowest BCUT2D eigenvalue weighted by Gasteiger charge is -2.22. The van der Waals surface area contributed by atoms with Crippen molar-refractivity contribution in [2.75, 3.05) is 26.7 Å². The van der Waals surface area contributed by atoms with Crippen molar-refractivity contribution in [3.63, 3.8) is 0 Å². The maximum absolute atomic E-state index is 11.9. The Morgan fingerprint density at radius 2 is 1.94 bits per heavy atom. The minimum atomic E-state index is -0.0909. The summed E-state index contributed by atoms with van der Waals surface area (Å²) < 4.78 is 0. The fraction of sp³-hybridized carbons (Fsp3) is 0.846. The molecule has 1 rings (SSSR count). The minimum absolute atomic E-state index is 0.0384. The van der Waals surface area contributed by atoms with Crippen molar-refractivity contribution in [3.05, 3.63) is 0 Å². The van der Waals surface area contributed by atoms with Crippen LogP contribution < -0.4 is 5.73 Å². The summed E-state index contributed by atoms with van der Waals surface area (Å²) in [5.74, 6) is 0.0101. The van der Waals surface area contributed by atoms with Crippen molar-refractivity contribution in [2.45, 2.75) is 45.1 Å². The minimum Gasteiger partial charge on any atom is -0.341 e. The predicted molar refractivity (Wildman–Crippen MR) is 71.0 cm³/mol. The molecule has 1 aliphatic rings. The number of carbonyl (C=O) groups excluding carboxylic acids is 2. The fourth-order valence-corrected chi connectivity index (χ4v) is 2.21. The van der Waals surface area contributed by atoms with Gasteiger partial charge in [0.2, 0.25) is 11.8 Å². The van der Waals surface area contributed by atoms with Crippen molar-refractivity contribution < 1.29 is 9.59 Å². The van der Waals surface area contributed by atoms with E-state index in [1.54, 1.807) is 7.05 Å². The standard InChI is InChI=1S/C13H25N3O2/c1-3-6-11(14)9-12(17)15(2)10-13(18)16-7-4-5-8-16/h11H,3-10,14H2,1-2H3. The van der Waals surface area contributed by atoms with Gasteiger partial charge in [-0.1, -0.05) is 13.3 Å². The topological polar surface area (TPSA) is 66.6 Å². The van der Waals surface area contributed by atoms with Gasteiger partial charge in [-0.05, 0) is 19.3 Å². The molecule has 5 heteroatoms. The number of hydrogen-bond donors (Lipinski definition) is 1. The molecule has 0 saturated carbocycles. The highest BCUT2D eigenvalue weighted by atomic mass is 16.2. The number of rotatable bonds is 6. The van der Waals surface area contributed by atoms with Crippen LogP contribution in [0.4, 0.5) is 0 Å². The van der Waals surface area contributed by atoms with Crippen LogP contribution in [-0.4, -0.2) is 54.3 Å². The average Bonchev–Trinajstić information content (AvgIpc) is 2.82. The summed E-state index contributed by atoms with van der Waals surface area (Å²) in [6.07, 6.45) is 4.30. The third-order valence-electron chi connectivity index (χ3n) is 3.35. The normalized spacial score (nSPS) is 16.7. The number of nitrogens with zero attached hydrogens (tertiary/aromatic N) is 2. The molecule has 104 valence electrons. The molecule has 0 aliphatic carbocycles. The highest BCUT2D eigenvalue weighted by molar-refractivity contribution is 5.85. The van der Waals surface area contributed by atoms with Crippen LogP contribution in [0.15, 0.2) is 0 Å². The van der Waals surface area contributed by atoms with E-state index in [2.05, 4.69) is 0 Å². The molecule has 0 aromatic heterocycles. The van der Waals surface area contributed by atoms with Gasteiger partial charge in [0.25, 0.3) is 0 Å². The van der Waals surface area contributed by atoms with Crippen molar-refractivity contribution in [3.8, 4) is 0 Å². The third-order valence-corrected chi connectivity index (χ3v) is 3.35. The molecular weight excluding hydrogens is 230 g/mol. The zero-order valence-corrected chi connectivity index (χ0v) is 11.5. The van der Waals surface area contributed by atoms with Crippen molar-refractivity contribution in [2.24, 2.45) is 5.73 Å². The highest BCUT2D eigenvalue weighted by Crippen LogP contribution is 2.08. The Balaban J connectivity index is 2.32. The van der Waals surface area contributed by atoms with E-state index < -0.39 is 0 Å². The summed E-state index contributed by atoms with van der Waals surface area (Å²) in [7, 11) is 1.68. The molecule has 1 fully saturated rings. The molecule has 18 heavy (non-hydrogen) atoms. The molecule has 1 saturated heterocycles. The molecule has 0 spiro atoms. The van der Waals surface area contributed by atoms with Gasteiger partial charge in [-0.15, -0.1) is 0 Å². The highest BCUT2D eigenvalue weighted by Gasteiger charge is 2.21. The van der Waals surface area contributed by atoms with Gasteiger partial charge in [0.05, 0.1) is 6.54 Å². The van der Waals surface area contributed by atoms with Gasteiger partial charge in [-0.2, -0.15) is 0 Å². The zero-order chi connectivity index (χ0) is 13.5. The van der Waals surface area contributed by atoms with E-state index in [0.717, 1.165) is 38.8 Å². The quantitative estimate of drug-likeness (QED) is 0.755. The maximum atomic E-state index is 11.9. The van der Waals surface area contributed by atoms with Crippen LogP contribution in [0.1, 0.15) is 39.0 Å². The number of likely N-dealkylation sites (tertiary alicyclic amines) is 1.